The average Bonchev–Trinajstić information content (AvgIpc) is 2.41. The largest absolute Gasteiger partial charge is 0.250 e. The molecule has 0 saturated heterocycles. The molecule has 0 N–H and O–H groups in total. The van der Waals surface area contributed by atoms with Crippen molar-refractivity contribution in [2.75, 3.05) is 5.75 Å². The second-order valence-electron chi connectivity index (χ2n) is 2.84. The lowest BCUT2D eigenvalue weighted by Crippen LogP contribution is -1.94. The van der Waals surface area contributed by atoms with E-state index in [4.69, 9.17) is 0 Å². The molecular formula is C7H14OS2. The van der Waals surface area contributed by atoms with Crippen molar-refractivity contribution in [1.82, 2.24) is 0 Å². The molecule has 0 spiro atoms. The van der Waals surface area contributed by atoms with Crippen LogP contribution >= 0.6 is 25.0 Å². The molecule has 0 aliphatic heterocycles. The lowest BCUT2D eigenvalue weighted by atomic mass is 10.1. The fourth-order valence-electron chi connectivity index (χ4n) is 1.55. The normalized spacial score (nSPS) is 20.1. The van der Waals surface area contributed by atoms with Gasteiger partial charge in [-0.25, -0.2) is 0 Å². The molecule has 1 fully saturated rings. The maximum absolute atomic E-state index is 4.61. The summed E-state index contributed by atoms with van der Waals surface area (Å²) in [7, 11) is 0. The van der Waals surface area contributed by atoms with Crippen LogP contribution in [0.1, 0.15) is 32.1 Å². The van der Waals surface area contributed by atoms with Gasteiger partial charge in [0.05, 0.1) is 0 Å². The smallest absolute Gasteiger partial charge is 0.0213 e. The Labute approximate surface area is 72.7 Å². The number of hydrogen-bond donors (Lipinski definition) is 1. The van der Waals surface area contributed by atoms with Crippen molar-refractivity contribution in [1.29, 1.82) is 0 Å². The summed E-state index contributed by atoms with van der Waals surface area (Å²) in [6, 6.07) is 0. The third-order valence-electron chi connectivity index (χ3n) is 2.14. The van der Waals surface area contributed by atoms with Crippen LogP contribution in [0.5, 0.6) is 0 Å². The minimum atomic E-state index is 0.982. The quantitative estimate of drug-likeness (QED) is 0.402. The van der Waals surface area contributed by atoms with Crippen molar-refractivity contribution >= 4 is 25.0 Å². The third-order valence-corrected chi connectivity index (χ3v) is 2.96. The zero-order chi connectivity index (χ0) is 7.23. The van der Waals surface area contributed by atoms with Gasteiger partial charge >= 0.3 is 0 Å². The molecule has 10 heavy (non-hydrogen) atoms. The Morgan fingerprint density at radius 1 is 1.40 bits per heavy atom. The van der Waals surface area contributed by atoms with E-state index < -0.39 is 0 Å². The van der Waals surface area contributed by atoms with Crippen molar-refractivity contribution in [3.05, 3.63) is 0 Å². The molecule has 0 bridgehead atoms. The molecule has 1 aliphatic carbocycles. The van der Waals surface area contributed by atoms with E-state index in [1.54, 1.807) is 0 Å². The lowest BCUT2D eigenvalue weighted by Gasteiger charge is -2.05. The Bertz CT molecular complexity index is 81.7. The Balaban J connectivity index is 1.91. The molecule has 0 atom stereocenters. The highest BCUT2D eigenvalue weighted by atomic mass is 32.2. The Hall–Kier alpha value is 0.660. The first-order valence-corrected chi connectivity index (χ1v) is 5.14. The lowest BCUT2D eigenvalue weighted by molar-refractivity contribution is 0.532. The van der Waals surface area contributed by atoms with E-state index in [0.29, 0.717) is 0 Å². The molecule has 3 heteroatoms. The zero-order valence-electron chi connectivity index (χ0n) is 6.08. The fraction of sp³-hybridized carbons (Fsp3) is 1.00. The monoisotopic (exact) mass is 178 g/mol. The van der Waals surface area contributed by atoms with Gasteiger partial charge in [-0.1, -0.05) is 25.7 Å². The van der Waals surface area contributed by atoms with E-state index in [0.717, 1.165) is 11.7 Å². The molecule has 1 aliphatic rings. The van der Waals surface area contributed by atoms with Crippen LogP contribution in [0, 0.1) is 5.92 Å². The number of rotatable bonds is 4. The van der Waals surface area contributed by atoms with Crippen LogP contribution in [0.2, 0.25) is 0 Å². The van der Waals surface area contributed by atoms with Crippen molar-refractivity contribution in [2.45, 2.75) is 32.1 Å². The van der Waals surface area contributed by atoms with E-state index in [1.807, 2.05) is 0 Å². The van der Waals surface area contributed by atoms with Gasteiger partial charge in [-0.2, -0.15) is 0 Å². The van der Waals surface area contributed by atoms with E-state index in [2.05, 4.69) is 16.5 Å². The molecule has 1 saturated carbocycles. The second kappa shape index (κ2) is 5.33. The van der Waals surface area contributed by atoms with Crippen LogP contribution in [0.25, 0.3) is 0 Å². The molecule has 0 heterocycles. The summed E-state index contributed by atoms with van der Waals surface area (Å²) in [6.45, 7) is 0. The van der Waals surface area contributed by atoms with Crippen LogP contribution in [0.4, 0.5) is 0 Å². The van der Waals surface area contributed by atoms with E-state index in [-0.39, 0.29) is 0 Å². The maximum Gasteiger partial charge on any atom is 0.0213 e. The molecule has 60 valence electrons. The number of thiol groups is 1. The van der Waals surface area contributed by atoms with Gasteiger partial charge in [0.25, 0.3) is 0 Å². The first kappa shape index (κ1) is 8.75. The molecule has 0 aromatic heterocycles. The van der Waals surface area contributed by atoms with E-state index >= 15 is 0 Å². The van der Waals surface area contributed by atoms with Crippen LogP contribution in [-0.2, 0) is 3.63 Å². The summed E-state index contributed by atoms with van der Waals surface area (Å²) in [6.07, 6.45) is 7.07. The number of hydrogen-bond acceptors (Lipinski definition) is 3. The first-order valence-electron chi connectivity index (χ1n) is 3.86. The van der Waals surface area contributed by atoms with Gasteiger partial charge in [0, 0.05) is 17.8 Å². The van der Waals surface area contributed by atoms with Gasteiger partial charge in [-0.05, 0) is 25.2 Å². The second-order valence-corrected chi connectivity index (χ2v) is 4.08. The van der Waals surface area contributed by atoms with Gasteiger partial charge in [0.2, 0.25) is 0 Å². The summed E-state index contributed by atoms with van der Waals surface area (Å²) in [5, 5.41) is 0. The summed E-state index contributed by atoms with van der Waals surface area (Å²) in [5.74, 6) is 2.09. The summed E-state index contributed by atoms with van der Waals surface area (Å²) in [4.78, 5) is 0. The fourth-order valence-corrected chi connectivity index (χ4v) is 2.28. The van der Waals surface area contributed by atoms with Crippen molar-refractivity contribution in [3.63, 3.8) is 0 Å². The minimum absolute atomic E-state index is 0.982. The molecule has 0 aromatic carbocycles. The van der Waals surface area contributed by atoms with Gasteiger partial charge in [0.15, 0.2) is 0 Å². The Morgan fingerprint density at radius 3 is 2.70 bits per heavy atom. The predicted molar refractivity (Wildman–Crippen MR) is 49.1 cm³/mol. The SMILES string of the molecule is SOSCCC1CCCC1. The molecule has 0 radical (unpaired) electrons. The highest BCUT2D eigenvalue weighted by Gasteiger charge is 2.13. The van der Waals surface area contributed by atoms with Gasteiger partial charge in [0.1, 0.15) is 0 Å². The van der Waals surface area contributed by atoms with Crippen LogP contribution in [0.15, 0.2) is 0 Å². The standard InChI is InChI=1S/C7H14OS2/c9-8-10-6-5-7-3-1-2-4-7/h7,9H,1-6H2. The summed E-state index contributed by atoms with van der Waals surface area (Å²) >= 11 is 5.12. The molecular weight excluding hydrogens is 164 g/mol. The predicted octanol–water partition coefficient (Wildman–Crippen LogP) is 3.08. The Morgan fingerprint density at radius 2 is 2.10 bits per heavy atom. The van der Waals surface area contributed by atoms with Crippen LogP contribution in [-0.4, -0.2) is 5.75 Å². The molecule has 1 nitrogen and oxygen atoms in total. The van der Waals surface area contributed by atoms with Crippen molar-refractivity contribution < 1.29 is 3.63 Å². The summed E-state index contributed by atoms with van der Waals surface area (Å²) < 4.78 is 4.61. The van der Waals surface area contributed by atoms with Gasteiger partial charge in [-0.3, -0.25) is 3.63 Å². The minimum Gasteiger partial charge on any atom is -0.250 e. The van der Waals surface area contributed by atoms with Crippen LogP contribution < -0.4 is 0 Å². The summed E-state index contributed by atoms with van der Waals surface area (Å²) in [5.41, 5.74) is 0. The highest BCUT2D eigenvalue weighted by molar-refractivity contribution is 8.01. The van der Waals surface area contributed by atoms with E-state index in [9.17, 15) is 0 Å². The van der Waals surface area contributed by atoms with Gasteiger partial charge in [-0.15, -0.1) is 0 Å². The molecule has 0 amide bonds. The molecule has 0 unspecified atom stereocenters. The first-order chi connectivity index (χ1) is 4.93. The van der Waals surface area contributed by atoms with Crippen molar-refractivity contribution in [3.8, 4) is 0 Å². The zero-order valence-corrected chi connectivity index (χ0v) is 7.79. The van der Waals surface area contributed by atoms with Crippen molar-refractivity contribution in [2.24, 2.45) is 5.92 Å². The van der Waals surface area contributed by atoms with E-state index in [1.165, 1.54) is 44.1 Å². The molecule has 1 rings (SSSR count). The average molecular weight is 178 g/mol. The topological polar surface area (TPSA) is 9.23 Å². The maximum atomic E-state index is 4.61. The molecule has 0 aromatic rings. The third kappa shape index (κ3) is 3.17. The van der Waals surface area contributed by atoms with Crippen LogP contribution in [0.3, 0.4) is 0 Å². The van der Waals surface area contributed by atoms with Gasteiger partial charge < -0.3 is 0 Å². The highest BCUT2D eigenvalue weighted by Crippen LogP contribution is 2.28. The Kier molecular flexibility index (Phi) is 4.66.